The molecule has 0 aliphatic carbocycles. The lowest BCUT2D eigenvalue weighted by atomic mass is 10.1. The number of benzene rings is 2. The van der Waals surface area contributed by atoms with Crippen LogP contribution in [0.3, 0.4) is 0 Å². The fraction of sp³-hybridized carbons (Fsp3) is 0.261. The van der Waals surface area contributed by atoms with Crippen molar-refractivity contribution in [2.24, 2.45) is 0 Å². The molecule has 0 aliphatic rings. The minimum absolute atomic E-state index is 0.0424. The molecule has 168 valence electrons. The summed E-state index contributed by atoms with van der Waals surface area (Å²) in [6.45, 7) is 2.08. The second-order valence-corrected chi connectivity index (χ2v) is 9.21. The first kappa shape index (κ1) is 23.2. The van der Waals surface area contributed by atoms with E-state index in [1.54, 1.807) is 24.3 Å². The third-order valence-corrected chi connectivity index (χ3v) is 6.26. The number of rotatable bonds is 10. The molecule has 4 N–H and O–H groups in total. The Morgan fingerprint density at radius 3 is 2.53 bits per heavy atom. The van der Waals surface area contributed by atoms with Gasteiger partial charge in [-0.3, -0.25) is 20.2 Å². The highest BCUT2D eigenvalue weighted by atomic mass is 32.2. The molecule has 32 heavy (non-hydrogen) atoms. The predicted molar refractivity (Wildman–Crippen MR) is 129 cm³/mol. The van der Waals surface area contributed by atoms with Crippen LogP contribution in [0.2, 0.25) is 0 Å². The smallest absolute Gasteiger partial charge is 0.232 e. The number of carbonyl (C=O) groups is 1. The van der Waals surface area contributed by atoms with Gasteiger partial charge < -0.3 is 5.32 Å². The van der Waals surface area contributed by atoms with Crippen molar-refractivity contribution < 1.29 is 13.2 Å². The molecule has 1 heterocycles. The van der Waals surface area contributed by atoms with Crippen LogP contribution in [0.15, 0.2) is 54.6 Å². The Kier molecular flexibility index (Phi) is 7.77. The van der Waals surface area contributed by atoms with Gasteiger partial charge in [-0.25, -0.2) is 13.4 Å². The molecule has 3 aromatic rings. The summed E-state index contributed by atoms with van der Waals surface area (Å²) < 4.78 is 28.0. The summed E-state index contributed by atoms with van der Waals surface area (Å²) in [6.07, 6.45) is 3.91. The number of fused-ring (bicyclic) bond motifs is 1. The van der Waals surface area contributed by atoms with Gasteiger partial charge in [-0.05, 0) is 18.6 Å². The Hall–Kier alpha value is -3.46. The Morgan fingerprint density at radius 1 is 1.03 bits per heavy atom. The molecule has 2 aromatic carbocycles. The highest BCUT2D eigenvalue weighted by Crippen LogP contribution is 2.32. The second kappa shape index (κ2) is 10.7. The topological polar surface area (TPSA) is 124 Å². The fourth-order valence-electron chi connectivity index (χ4n) is 3.36. The van der Waals surface area contributed by atoms with E-state index in [-0.39, 0.29) is 11.7 Å². The maximum Gasteiger partial charge on any atom is 0.232 e. The van der Waals surface area contributed by atoms with Crippen LogP contribution < -0.4 is 15.4 Å². The first-order valence-electron chi connectivity index (χ1n) is 10.5. The lowest BCUT2D eigenvalue weighted by Gasteiger charge is -2.15. The van der Waals surface area contributed by atoms with Crippen molar-refractivity contribution in [3.05, 3.63) is 54.6 Å². The van der Waals surface area contributed by atoms with Crippen LogP contribution in [-0.2, 0) is 14.8 Å². The normalized spacial score (nSPS) is 11.2. The van der Waals surface area contributed by atoms with Crippen LogP contribution in [0.4, 0.5) is 11.4 Å². The van der Waals surface area contributed by atoms with E-state index < -0.39 is 10.0 Å². The number of guanidine groups is 1. The fourth-order valence-corrected chi connectivity index (χ4v) is 4.54. The standard InChI is InChI=1S/C23H27N5O3S/c1-2-3-4-8-14-32(30,31)28-19-13-9-12-18-21(27-23(24)25-16-29)15-20(26-22(18)19)17-10-6-5-7-11-17/h5-7,9-13,15-16,28H,2-4,8,14H2,1H3,(H3,24,25,26,27,29). The number of hydrogen-bond acceptors (Lipinski definition) is 5. The van der Waals surface area contributed by atoms with E-state index >= 15 is 0 Å². The number of hydrogen-bond donors (Lipinski definition) is 4. The Morgan fingerprint density at radius 2 is 1.81 bits per heavy atom. The first-order valence-corrected chi connectivity index (χ1v) is 12.1. The molecule has 1 amide bonds. The van der Waals surface area contributed by atoms with Gasteiger partial charge in [0, 0.05) is 10.9 Å². The van der Waals surface area contributed by atoms with Gasteiger partial charge in [-0.1, -0.05) is 68.7 Å². The number of amides is 1. The summed E-state index contributed by atoms with van der Waals surface area (Å²) in [6, 6.07) is 16.4. The molecule has 0 aliphatic heterocycles. The lowest BCUT2D eigenvalue weighted by Crippen LogP contribution is -2.28. The summed E-state index contributed by atoms with van der Waals surface area (Å²) in [5.41, 5.74) is 2.79. The molecule has 0 saturated heterocycles. The lowest BCUT2D eigenvalue weighted by molar-refractivity contribution is -0.108. The molecule has 0 unspecified atom stereocenters. The van der Waals surface area contributed by atoms with Crippen molar-refractivity contribution in [3.63, 3.8) is 0 Å². The molecule has 0 bridgehead atoms. The monoisotopic (exact) mass is 453 g/mol. The number of carbonyl (C=O) groups excluding carboxylic acids is 1. The zero-order valence-corrected chi connectivity index (χ0v) is 18.7. The first-order chi connectivity index (χ1) is 15.4. The molecule has 8 nitrogen and oxygen atoms in total. The van der Waals surface area contributed by atoms with Gasteiger partial charge in [-0.2, -0.15) is 0 Å². The van der Waals surface area contributed by atoms with E-state index in [9.17, 15) is 13.2 Å². The zero-order valence-electron chi connectivity index (χ0n) is 17.9. The number of pyridine rings is 1. The van der Waals surface area contributed by atoms with Crippen LogP contribution in [0.25, 0.3) is 22.2 Å². The van der Waals surface area contributed by atoms with Crippen molar-refractivity contribution in [2.75, 3.05) is 15.8 Å². The maximum absolute atomic E-state index is 12.7. The SMILES string of the molecule is CCCCCCS(=O)(=O)Nc1cccc2c(NC(=N)NC=O)cc(-c3ccccc3)nc12. The number of aromatic nitrogens is 1. The number of sulfonamides is 1. The van der Waals surface area contributed by atoms with Crippen molar-refractivity contribution in [2.45, 2.75) is 32.6 Å². The number of nitrogens with one attached hydrogen (secondary N) is 4. The van der Waals surface area contributed by atoms with Gasteiger partial charge in [0.25, 0.3) is 0 Å². The van der Waals surface area contributed by atoms with E-state index in [2.05, 4.69) is 22.3 Å². The highest BCUT2D eigenvalue weighted by Gasteiger charge is 2.16. The highest BCUT2D eigenvalue weighted by molar-refractivity contribution is 7.92. The average Bonchev–Trinajstić information content (AvgIpc) is 2.77. The minimum atomic E-state index is -3.54. The van der Waals surface area contributed by atoms with Gasteiger partial charge in [-0.15, -0.1) is 0 Å². The number of anilines is 2. The van der Waals surface area contributed by atoms with Gasteiger partial charge in [0.1, 0.15) is 0 Å². The van der Waals surface area contributed by atoms with Crippen LogP contribution in [0.5, 0.6) is 0 Å². The van der Waals surface area contributed by atoms with Crippen molar-refractivity contribution in [1.82, 2.24) is 10.3 Å². The molecule has 3 rings (SSSR count). The van der Waals surface area contributed by atoms with Crippen LogP contribution in [0, 0.1) is 5.41 Å². The van der Waals surface area contributed by atoms with Crippen LogP contribution in [-0.4, -0.2) is 31.5 Å². The quantitative estimate of drug-likeness (QED) is 0.158. The molecule has 9 heteroatoms. The Labute approximate surface area is 188 Å². The zero-order chi connectivity index (χ0) is 23.0. The molecule has 0 radical (unpaired) electrons. The van der Waals surface area contributed by atoms with E-state index in [1.807, 2.05) is 30.3 Å². The van der Waals surface area contributed by atoms with Crippen molar-refractivity contribution in [3.8, 4) is 11.3 Å². The van der Waals surface area contributed by atoms with Crippen molar-refractivity contribution >= 4 is 44.7 Å². The third kappa shape index (κ3) is 6.04. The number of unbranched alkanes of at least 4 members (excludes halogenated alkanes) is 3. The van der Waals surface area contributed by atoms with Gasteiger partial charge in [0.05, 0.1) is 28.3 Å². The molecule has 0 atom stereocenters. The molecule has 0 spiro atoms. The van der Waals surface area contributed by atoms with Crippen LogP contribution in [0.1, 0.15) is 32.6 Å². The van der Waals surface area contributed by atoms with Gasteiger partial charge in [0.15, 0.2) is 5.96 Å². The Balaban J connectivity index is 2.04. The second-order valence-electron chi connectivity index (χ2n) is 7.37. The summed E-state index contributed by atoms with van der Waals surface area (Å²) in [5.74, 6) is -0.158. The molecular formula is C23H27N5O3S. The third-order valence-electron chi connectivity index (χ3n) is 4.90. The molecule has 0 saturated carbocycles. The molecule has 0 fully saturated rings. The van der Waals surface area contributed by atoms with E-state index in [1.165, 1.54) is 0 Å². The molecular weight excluding hydrogens is 426 g/mol. The van der Waals surface area contributed by atoms with Crippen LogP contribution >= 0.6 is 0 Å². The maximum atomic E-state index is 12.7. The largest absolute Gasteiger partial charge is 0.325 e. The summed E-state index contributed by atoms with van der Waals surface area (Å²) in [7, 11) is -3.54. The number of nitrogens with zero attached hydrogens (tertiary/aromatic N) is 1. The number of para-hydroxylation sites is 1. The molecule has 1 aromatic heterocycles. The van der Waals surface area contributed by atoms with E-state index in [4.69, 9.17) is 10.4 Å². The van der Waals surface area contributed by atoms with Gasteiger partial charge in [0.2, 0.25) is 16.4 Å². The summed E-state index contributed by atoms with van der Waals surface area (Å²) in [4.78, 5) is 15.4. The Bertz CT molecular complexity index is 1200. The minimum Gasteiger partial charge on any atom is -0.325 e. The van der Waals surface area contributed by atoms with Crippen molar-refractivity contribution in [1.29, 1.82) is 5.41 Å². The van der Waals surface area contributed by atoms with E-state index in [0.717, 1.165) is 24.8 Å². The summed E-state index contributed by atoms with van der Waals surface area (Å²) in [5, 5.41) is 13.6. The predicted octanol–water partition coefficient (Wildman–Crippen LogP) is 4.32. The average molecular weight is 454 g/mol. The summed E-state index contributed by atoms with van der Waals surface area (Å²) >= 11 is 0. The van der Waals surface area contributed by atoms with E-state index in [0.29, 0.717) is 40.8 Å². The van der Waals surface area contributed by atoms with Gasteiger partial charge >= 0.3 is 0 Å².